The lowest BCUT2D eigenvalue weighted by Gasteiger charge is -2.05. The molecule has 0 amide bonds. The average Bonchev–Trinajstić information content (AvgIpc) is 2.65. The lowest BCUT2D eigenvalue weighted by molar-refractivity contribution is 0.0536. The third kappa shape index (κ3) is 9.40. The molecule has 0 aliphatic carbocycles. The van der Waals surface area contributed by atoms with Gasteiger partial charge in [0.25, 0.3) is 0 Å². The first-order valence-electron chi connectivity index (χ1n) is 9.81. The van der Waals surface area contributed by atoms with E-state index in [0.717, 1.165) is 12.8 Å². The number of carbonyl (C=O) groups is 2. The second-order valence-corrected chi connectivity index (χ2v) is 6.54. The maximum absolute atomic E-state index is 12.0. The van der Waals surface area contributed by atoms with Gasteiger partial charge in [0, 0.05) is 0 Å². The number of rotatable bonds is 14. The lowest BCUT2D eigenvalue weighted by atomic mass is 10.1. The van der Waals surface area contributed by atoms with Gasteiger partial charge in [0.15, 0.2) is 0 Å². The van der Waals surface area contributed by atoms with Crippen molar-refractivity contribution in [3.05, 3.63) is 47.5 Å². The molecule has 144 valence electrons. The Hall–Kier alpha value is -2.10. The molecule has 0 saturated carbocycles. The molecule has 1 aromatic rings. The van der Waals surface area contributed by atoms with Crippen LogP contribution in [0.2, 0.25) is 0 Å². The minimum atomic E-state index is -1.13. The van der Waals surface area contributed by atoms with Crippen molar-refractivity contribution in [3.8, 4) is 0 Å². The summed E-state index contributed by atoms with van der Waals surface area (Å²) in [4.78, 5) is 23.0. The van der Waals surface area contributed by atoms with Crippen molar-refractivity contribution in [2.45, 2.75) is 71.1 Å². The number of carboxylic acids is 1. The summed E-state index contributed by atoms with van der Waals surface area (Å²) in [5.41, 5.74) is 0.0588. The number of aromatic carboxylic acids is 1. The fourth-order valence-corrected chi connectivity index (χ4v) is 2.81. The van der Waals surface area contributed by atoms with Gasteiger partial charge in [-0.25, -0.2) is 9.59 Å². The number of ether oxygens (including phenoxy) is 1. The second-order valence-electron chi connectivity index (χ2n) is 6.54. The Morgan fingerprint density at radius 1 is 0.885 bits per heavy atom. The number of esters is 1. The Morgan fingerprint density at radius 2 is 1.46 bits per heavy atom. The summed E-state index contributed by atoms with van der Waals surface area (Å²) >= 11 is 0. The van der Waals surface area contributed by atoms with Crippen LogP contribution in [0.5, 0.6) is 0 Å². The van der Waals surface area contributed by atoms with Gasteiger partial charge in [-0.05, 0) is 25.0 Å². The molecule has 0 radical (unpaired) electrons. The maximum atomic E-state index is 12.0. The zero-order chi connectivity index (χ0) is 19.0. The third-order valence-electron chi connectivity index (χ3n) is 4.33. The molecular formula is C22H32O4. The Bertz CT molecular complexity index is 563. The van der Waals surface area contributed by atoms with E-state index >= 15 is 0 Å². The van der Waals surface area contributed by atoms with Crippen LogP contribution in [0.15, 0.2) is 36.4 Å². The number of hydrogen-bond donors (Lipinski definition) is 1. The van der Waals surface area contributed by atoms with Crippen LogP contribution in [0.3, 0.4) is 0 Å². The van der Waals surface area contributed by atoms with E-state index in [4.69, 9.17) is 9.84 Å². The molecule has 0 spiro atoms. The fourth-order valence-electron chi connectivity index (χ4n) is 2.81. The molecule has 1 rings (SSSR count). The quantitative estimate of drug-likeness (QED) is 0.250. The topological polar surface area (TPSA) is 63.6 Å². The molecule has 0 aromatic heterocycles. The van der Waals surface area contributed by atoms with E-state index in [-0.39, 0.29) is 17.7 Å². The Labute approximate surface area is 157 Å². The van der Waals surface area contributed by atoms with Crippen LogP contribution in [-0.4, -0.2) is 23.7 Å². The molecule has 0 unspecified atom stereocenters. The zero-order valence-corrected chi connectivity index (χ0v) is 15.9. The molecule has 1 aromatic carbocycles. The number of hydrogen-bond acceptors (Lipinski definition) is 3. The molecule has 0 bridgehead atoms. The maximum Gasteiger partial charge on any atom is 0.339 e. The van der Waals surface area contributed by atoms with E-state index in [0.29, 0.717) is 0 Å². The molecule has 0 aliphatic heterocycles. The second kappa shape index (κ2) is 14.1. The lowest BCUT2D eigenvalue weighted by Crippen LogP contribution is -2.11. The van der Waals surface area contributed by atoms with E-state index in [1.165, 1.54) is 63.5 Å². The standard InChI is InChI=1S/C22H32O4/c1-2-3-4-5-6-7-8-9-10-11-12-15-18-26-22(25)20-17-14-13-16-19(20)21(23)24/h12-17H,2-11,18H2,1H3,(H,23,24)/b15-12+. The summed E-state index contributed by atoms with van der Waals surface area (Å²) in [5.74, 6) is -1.73. The van der Waals surface area contributed by atoms with Crippen molar-refractivity contribution in [3.63, 3.8) is 0 Å². The van der Waals surface area contributed by atoms with Crippen LogP contribution >= 0.6 is 0 Å². The van der Waals surface area contributed by atoms with Gasteiger partial charge in [-0.1, -0.05) is 82.6 Å². The molecule has 0 fully saturated rings. The van der Waals surface area contributed by atoms with Crippen LogP contribution in [0.1, 0.15) is 91.8 Å². The highest BCUT2D eigenvalue weighted by atomic mass is 16.5. The molecule has 4 nitrogen and oxygen atoms in total. The molecule has 4 heteroatoms. The third-order valence-corrected chi connectivity index (χ3v) is 4.33. The van der Waals surface area contributed by atoms with Crippen LogP contribution in [-0.2, 0) is 4.74 Å². The van der Waals surface area contributed by atoms with Gasteiger partial charge in [-0.3, -0.25) is 0 Å². The van der Waals surface area contributed by atoms with Gasteiger partial charge in [0.05, 0.1) is 11.1 Å². The first-order valence-corrected chi connectivity index (χ1v) is 9.81. The van der Waals surface area contributed by atoms with Crippen molar-refractivity contribution < 1.29 is 19.4 Å². The van der Waals surface area contributed by atoms with Gasteiger partial charge in [-0.15, -0.1) is 0 Å². The molecular weight excluding hydrogens is 328 g/mol. The first kappa shape index (κ1) is 21.9. The van der Waals surface area contributed by atoms with Crippen molar-refractivity contribution in [1.29, 1.82) is 0 Å². The first-order chi connectivity index (χ1) is 12.7. The largest absolute Gasteiger partial charge is 0.478 e. The summed E-state index contributed by atoms with van der Waals surface area (Å²) in [6, 6.07) is 6.09. The number of benzene rings is 1. The van der Waals surface area contributed by atoms with Crippen LogP contribution in [0.4, 0.5) is 0 Å². The van der Waals surface area contributed by atoms with E-state index in [1.54, 1.807) is 12.1 Å². The van der Waals surface area contributed by atoms with E-state index < -0.39 is 11.9 Å². The normalized spacial score (nSPS) is 11.0. The van der Waals surface area contributed by atoms with Gasteiger partial charge >= 0.3 is 11.9 Å². The number of carboxylic acid groups (broad SMARTS) is 1. The van der Waals surface area contributed by atoms with Gasteiger partial charge in [-0.2, -0.15) is 0 Å². The van der Waals surface area contributed by atoms with Crippen molar-refractivity contribution in [1.82, 2.24) is 0 Å². The molecule has 0 aliphatic rings. The minimum Gasteiger partial charge on any atom is -0.478 e. The molecule has 0 atom stereocenters. The van der Waals surface area contributed by atoms with Crippen molar-refractivity contribution >= 4 is 11.9 Å². The predicted octanol–water partition coefficient (Wildman–Crippen LogP) is 6.02. The van der Waals surface area contributed by atoms with Gasteiger partial charge in [0.2, 0.25) is 0 Å². The summed E-state index contributed by atoms with van der Waals surface area (Å²) in [7, 11) is 0. The molecule has 0 heterocycles. The highest BCUT2D eigenvalue weighted by molar-refractivity contribution is 6.02. The summed E-state index contributed by atoms with van der Waals surface area (Å²) in [6.07, 6.45) is 16.6. The van der Waals surface area contributed by atoms with Gasteiger partial charge in [0.1, 0.15) is 6.61 Å². The molecule has 1 N–H and O–H groups in total. The smallest absolute Gasteiger partial charge is 0.339 e. The molecule has 0 saturated heterocycles. The van der Waals surface area contributed by atoms with E-state index in [9.17, 15) is 9.59 Å². The Morgan fingerprint density at radius 3 is 2.08 bits per heavy atom. The van der Waals surface area contributed by atoms with E-state index in [1.807, 2.05) is 12.2 Å². The summed E-state index contributed by atoms with van der Waals surface area (Å²) in [5, 5.41) is 9.08. The highest BCUT2D eigenvalue weighted by Crippen LogP contribution is 2.12. The minimum absolute atomic E-state index is 0.0313. The summed E-state index contributed by atoms with van der Waals surface area (Å²) in [6.45, 7) is 2.41. The number of carbonyl (C=O) groups excluding carboxylic acids is 1. The highest BCUT2D eigenvalue weighted by Gasteiger charge is 2.16. The van der Waals surface area contributed by atoms with E-state index in [2.05, 4.69) is 6.92 Å². The number of allylic oxidation sites excluding steroid dienone is 1. The van der Waals surface area contributed by atoms with Crippen LogP contribution in [0.25, 0.3) is 0 Å². The zero-order valence-electron chi connectivity index (χ0n) is 15.9. The monoisotopic (exact) mass is 360 g/mol. The SMILES string of the molecule is CCCCCCCCCCC/C=C/COC(=O)c1ccccc1C(=O)O. The Balaban J connectivity index is 2.09. The average molecular weight is 360 g/mol. The molecule has 26 heavy (non-hydrogen) atoms. The van der Waals surface area contributed by atoms with Crippen molar-refractivity contribution in [2.24, 2.45) is 0 Å². The van der Waals surface area contributed by atoms with Crippen molar-refractivity contribution in [2.75, 3.05) is 6.61 Å². The predicted molar refractivity (Wildman–Crippen MR) is 105 cm³/mol. The summed E-state index contributed by atoms with van der Waals surface area (Å²) < 4.78 is 5.12. The number of unbranched alkanes of at least 4 members (excludes halogenated alkanes) is 9. The Kier molecular flexibility index (Phi) is 11.9. The van der Waals surface area contributed by atoms with Crippen LogP contribution < -0.4 is 0 Å². The van der Waals surface area contributed by atoms with Gasteiger partial charge < -0.3 is 9.84 Å². The van der Waals surface area contributed by atoms with Crippen LogP contribution in [0, 0.1) is 0 Å². The fraction of sp³-hybridized carbons (Fsp3) is 0.545.